The van der Waals surface area contributed by atoms with Crippen LogP contribution in [0.25, 0.3) is 0 Å². The van der Waals surface area contributed by atoms with E-state index in [-0.39, 0.29) is 6.42 Å². The van der Waals surface area contributed by atoms with E-state index < -0.39 is 24.3 Å². The highest BCUT2D eigenvalue weighted by atomic mass is 19.1. The third-order valence-electron chi connectivity index (χ3n) is 1.66. The summed E-state index contributed by atoms with van der Waals surface area (Å²) in [5, 5.41) is 8.51. The van der Waals surface area contributed by atoms with Gasteiger partial charge in [-0.1, -0.05) is 19.8 Å². The third kappa shape index (κ3) is 3.46. The predicted molar refractivity (Wildman–Crippen MR) is 41.6 cm³/mol. The van der Waals surface area contributed by atoms with Gasteiger partial charge in [0.25, 0.3) is 0 Å². The molecule has 4 heteroatoms. The van der Waals surface area contributed by atoms with Crippen LogP contribution in [0, 0.1) is 5.92 Å². The van der Waals surface area contributed by atoms with E-state index in [0.717, 1.165) is 6.42 Å². The van der Waals surface area contributed by atoms with Crippen LogP contribution in [0.2, 0.25) is 0 Å². The fourth-order valence-electron chi connectivity index (χ4n) is 0.924. The molecule has 0 saturated carbocycles. The van der Waals surface area contributed by atoms with Gasteiger partial charge >= 0.3 is 5.97 Å². The summed E-state index contributed by atoms with van der Waals surface area (Å²) in [5.41, 5.74) is 0. The number of hydrogen-bond donors (Lipinski definition) is 1. The normalized spacial score (nSPS) is 12.5. The molecule has 0 aliphatic rings. The summed E-state index contributed by atoms with van der Waals surface area (Å²) in [6.07, 6.45) is 1.70. The van der Waals surface area contributed by atoms with Crippen LogP contribution >= 0.6 is 0 Å². The Kier molecular flexibility index (Phi) is 5.25. The van der Waals surface area contributed by atoms with Crippen LogP contribution in [0.4, 0.5) is 4.39 Å². The first kappa shape index (κ1) is 11.1. The monoisotopic (exact) mass is 176 g/mol. The Hall–Kier alpha value is -0.930. The second-order valence-corrected chi connectivity index (χ2v) is 2.63. The first-order valence-corrected chi connectivity index (χ1v) is 3.95. The zero-order valence-corrected chi connectivity index (χ0v) is 7.05. The van der Waals surface area contributed by atoms with Gasteiger partial charge in [0.15, 0.2) is 5.78 Å². The van der Waals surface area contributed by atoms with E-state index in [4.69, 9.17) is 5.11 Å². The van der Waals surface area contributed by atoms with Crippen LogP contribution < -0.4 is 0 Å². The Morgan fingerprint density at radius 2 is 2.08 bits per heavy atom. The van der Waals surface area contributed by atoms with Crippen molar-refractivity contribution in [2.75, 3.05) is 6.67 Å². The van der Waals surface area contributed by atoms with Crippen molar-refractivity contribution in [1.82, 2.24) is 0 Å². The lowest BCUT2D eigenvalue weighted by Crippen LogP contribution is -2.24. The minimum Gasteiger partial charge on any atom is -0.481 e. The summed E-state index contributed by atoms with van der Waals surface area (Å²) in [4.78, 5) is 21.1. The zero-order valence-electron chi connectivity index (χ0n) is 7.05. The number of rotatable bonds is 6. The van der Waals surface area contributed by atoms with E-state index in [2.05, 4.69) is 0 Å². The molecule has 1 atom stereocenters. The van der Waals surface area contributed by atoms with Crippen molar-refractivity contribution in [2.45, 2.75) is 26.2 Å². The highest BCUT2D eigenvalue weighted by Crippen LogP contribution is 2.10. The van der Waals surface area contributed by atoms with Gasteiger partial charge in [-0.25, -0.2) is 4.39 Å². The van der Waals surface area contributed by atoms with Gasteiger partial charge < -0.3 is 5.11 Å². The van der Waals surface area contributed by atoms with Gasteiger partial charge in [-0.3, -0.25) is 9.59 Å². The highest BCUT2D eigenvalue weighted by Gasteiger charge is 2.24. The van der Waals surface area contributed by atoms with E-state index in [1.54, 1.807) is 0 Å². The molecule has 0 saturated heterocycles. The smallest absolute Gasteiger partial charge is 0.314 e. The zero-order chi connectivity index (χ0) is 9.56. The fourth-order valence-corrected chi connectivity index (χ4v) is 0.924. The minimum absolute atomic E-state index is 0.245. The third-order valence-corrected chi connectivity index (χ3v) is 1.66. The van der Waals surface area contributed by atoms with E-state index in [9.17, 15) is 14.0 Å². The SMILES string of the molecule is CCCCC(C(=O)O)C(=O)CF. The molecule has 0 aliphatic carbocycles. The van der Waals surface area contributed by atoms with E-state index in [1.807, 2.05) is 6.92 Å². The standard InChI is InChI=1S/C8H13FO3/c1-2-3-4-6(8(11)12)7(10)5-9/h6H,2-5H2,1H3,(H,11,12). The molecule has 0 fully saturated rings. The molecule has 1 N–H and O–H groups in total. The number of Topliss-reactive ketones (excluding diaryl/α,β-unsaturated/α-hetero) is 1. The van der Waals surface area contributed by atoms with Gasteiger partial charge in [-0.2, -0.15) is 0 Å². The first-order chi connectivity index (χ1) is 5.63. The quantitative estimate of drug-likeness (QED) is 0.622. The second kappa shape index (κ2) is 5.69. The number of ketones is 1. The lowest BCUT2D eigenvalue weighted by Gasteiger charge is -2.07. The summed E-state index contributed by atoms with van der Waals surface area (Å²) in [6.45, 7) is 0.708. The number of carboxylic acids is 1. The molecule has 0 heterocycles. The van der Waals surface area contributed by atoms with Gasteiger partial charge in [0.2, 0.25) is 0 Å². The number of aliphatic carboxylic acids is 1. The van der Waals surface area contributed by atoms with Crippen LogP contribution in [0.1, 0.15) is 26.2 Å². The van der Waals surface area contributed by atoms with Crippen molar-refractivity contribution < 1.29 is 19.1 Å². The summed E-state index contributed by atoms with van der Waals surface area (Å²) in [5.74, 6) is -3.18. The number of unbranched alkanes of at least 4 members (excludes halogenated alkanes) is 1. The summed E-state index contributed by atoms with van der Waals surface area (Å²) in [6, 6.07) is 0. The molecule has 0 rings (SSSR count). The first-order valence-electron chi connectivity index (χ1n) is 3.95. The molecule has 12 heavy (non-hydrogen) atoms. The van der Waals surface area contributed by atoms with Gasteiger partial charge in [0, 0.05) is 0 Å². The number of hydrogen-bond acceptors (Lipinski definition) is 2. The number of alkyl halides is 1. The summed E-state index contributed by atoms with van der Waals surface area (Å²) >= 11 is 0. The lowest BCUT2D eigenvalue weighted by molar-refractivity contribution is -0.146. The molecule has 0 aromatic heterocycles. The Bertz CT molecular complexity index is 168. The van der Waals surface area contributed by atoms with Gasteiger partial charge in [-0.05, 0) is 6.42 Å². The number of halogens is 1. The van der Waals surface area contributed by atoms with E-state index in [0.29, 0.717) is 6.42 Å². The molecule has 0 radical (unpaired) electrons. The molecule has 0 aliphatic heterocycles. The largest absolute Gasteiger partial charge is 0.481 e. The molecular weight excluding hydrogens is 163 g/mol. The Morgan fingerprint density at radius 1 is 1.50 bits per heavy atom. The van der Waals surface area contributed by atoms with Crippen molar-refractivity contribution in [3.8, 4) is 0 Å². The molecule has 0 amide bonds. The Balaban J connectivity index is 4.04. The second-order valence-electron chi connectivity index (χ2n) is 2.63. The minimum atomic E-state index is -1.22. The van der Waals surface area contributed by atoms with Crippen LogP contribution in [0.3, 0.4) is 0 Å². The number of carbonyl (C=O) groups is 2. The maximum atomic E-state index is 11.8. The highest BCUT2D eigenvalue weighted by molar-refractivity contribution is 5.98. The molecular formula is C8H13FO3. The number of carbonyl (C=O) groups excluding carboxylic acids is 1. The van der Waals surface area contributed by atoms with Gasteiger partial charge in [0.1, 0.15) is 12.6 Å². The Morgan fingerprint density at radius 3 is 2.42 bits per heavy atom. The van der Waals surface area contributed by atoms with E-state index in [1.165, 1.54) is 0 Å². The maximum Gasteiger partial charge on any atom is 0.314 e. The van der Waals surface area contributed by atoms with Crippen molar-refractivity contribution in [3.63, 3.8) is 0 Å². The van der Waals surface area contributed by atoms with Crippen molar-refractivity contribution >= 4 is 11.8 Å². The van der Waals surface area contributed by atoms with Crippen LogP contribution in [-0.2, 0) is 9.59 Å². The van der Waals surface area contributed by atoms with Crippen LogP contribution in [0.5, 0.6) is 0 Å². The molecule has 1 unspecified atom stereocenters. The maximum absolute atomic E-state index is 11.8. The molecule has 3 nitrogen and oxygen atoms in total. The topological polar surface area (TPSA) is 54.4 Å². The molecule has 0 aromatic rings. The van der Waals surface area contributed by atoms with Crippen molar-refractivity contribution in [1.29, 1.82) is 0 Å². The van der Waals surface area contributed by atoms with Crippen molar-refractivity contribution in [2.24, 2.45) is 5.92 Å². The summed E-state index contributed by atoms with van der Waals surface area (Å²) in [7, 11) is 0. The lowest BCUT2D eigenvalue weighted by atomic mass is 9.98. The van der Waals surface area contributed by atoms with Gasteiger partial charge in [0.05, 0.1) is 0 Å². The Labute approximate surface area is 70.6 Å². The van der Waals surface area contributed by atoms with Crippen LogP contribution in [0.15, 0.2) is 0 Å². The molecule has 0 bridgehead atoms. The average molecular weight is 176 g/mol. The molecule has 0 aromatic carbocycles. The van der Waals surface area contributed by atoms with Crippen LogP contribution in [-0.4, -0.2) is 23.5 Å². The average Bonchev–Trinajstić information content (AvgIpc) is 2.04. The van der Waals surface area contributed by atoms with Crippen molar-refractivity contribution in [3.05, 3.63) is 0 Å². The van der Waals surface area contributed by atoms with Gasteiger partial charge in [-0.15, -0.1) is 0 Å². The molecule has 70 valence electrons. The predicted octanol–water partition coefficient (Wildman–Crippen LogP) is 1.42. The summed E-state index contributed by atoms with van der Waals surface area (Å²) < 4.78 is 11.8. The molecule has 0 spiro atoms. The fraction of sp³-hybridized carbons (Fsp3) is 0.750. The number of carboxylic acid groups (broad SMARTS) is 1. The van der Waals surface area contributed by atoms with E-state index >= 15 is 0 Å².